The van der Waals surface area contributed by atoms with Gasteiger partial charge in [-0.1, -0.05) is 6.07 Å². The van der Waals surface area contributed by atoms with Crippen molar-refractivity contribution in [1.82, 2.24) is 10.3 Å². The average molecular weight is 497 g/mol. The number of pyridine rings is 1. The first-order valence-corrected chi connectivity index (χ1v) is 10.8. The number of aromatic nitrogens is 1. The van der Waals surface area contributed by atoms with Crippen molar-refractivity contribution < 1.29 is 39.6 Å². The molecule has 0 radical (unpaired) electrons. The summed E-state index contributed by atoms with van der Waals surface area (Å²) in [5.74, 6) is -1.50. The summed E-state index contributed by atoms with van der Waals surface area (Å²) in [5, 5.41) is 9.52. The molecule has 1 aromatic carbocycles. The zero-order valence-corrected chi connectivity index (χ0v) is 17.4. The molecule has 4 N–H and O–H groups in total. The number of piperazine rings is 1. The minimum atomic E-state index is -4.87. The van der Waals surface area contributed by atoms with E-state index >= 15 is 0 Å². The van der Waals surface area contributed by atoms with Crippen LogP contribution in [0.15, 0.2) is 41.4 Å². The molecule has 0 bridgehead atoms. The number of nitrogens with two attached hydrogens (primary N) is 1. The number of halogens is 6. The smallest absolute Gasteiger partial charge is 0.353 e. The van der Waals surface area contributed by atoms with E-state index in [-0.39, 0.29) is 29.5 Å². The van der Waals surface area contributed by atoms with Crippen LogP contribution in [-0.2, 0) is 16.2 Å². The number of nitrogens with zero attached hydrogens (tertiary/aromatic N) is 2. The molecule has 33 heavy (non-hydrogen) atoms. The Kier molecular flexibility index (Phi) is 6.59. The molecule has 1 aromatic heterocycles. The van der Waals surface area contributed by atoms with Gasteiger partial charge in [0.2, 0.25) is 10.0 Å². The van der Waals surface area contributed by atoms with Crippen molar-refractivity contribution in [3.63, 3.8) is 0 Å². The summed E-state index contributed by atoms with van der Waals surface area (Å²) in [6.45, 7) is -0.875. The molecule has 2 aromatic rings. The lowest BCUT2D eigenvalue weighted by atomic mass is 10.1. The van der Waals surface area contributed by atoms with E-state index in [9.17, 15) is 39.6 Å². The van der Waals surface area contributed by atoms with E-state index in [1.165, 1.54) is 12.1 Å². The number of hydrogen-bond acceptors (Lipinski definition) is 6. The van der Waals surface area contributed by atoms with E-state index in [0.717, 1.165) is 17.0 Å². The van der Waals surface area contributed by atoms with Gasteiger partial charge in [0, 0.05) is 31.5 Å². The van der Waals surface area contributed by atoms with Crippen LogP contribution in [0, 0.1) is 0 Å². The van der Waals surface area contributed by atoms with Crippen molar-refractivity contribution in [1.29, 1.82) is 0 Å². The van der Waals surface area contributed by atoms with Crippen molar-refractivity contribution in [2.24, 2.45) is 5.14 Å². The summed E-state index contributed by atoms with van der Waals surface area (Å²) in [6.07, 6.45) is -9.06. The second kappa shape index (κ2) is 8.79. The lowest BCUT2D eigenvalue weighted by Crippen LogP contribution is -2.57. The molecule has 1 aliphatic heterocycles. The fraction of sp³-hybridized carbons (Fsp3) is 0.333. The van der Waals surface area contributed by atoms with Gasteiger partial charge in [-0.05, 0) is 24.3 Å². The quantitative estimate of drug-likeness (QED) is 0.559. The molecule has 15 heteroatoms. The van der Waals surface area contributed by atoms with Gasteiger partial charge in [0.1, 0.15) is 11.9 Å². The summed E-state index contributed by atoms with van der Waals surface area (Å²) in [7, 11) is -4.13. The van der Waals surface area contributed by atoms with Gasteiger partial charge in [0.05, 0.1) is 16.0 Å². The standard InChI is InChI=1S/C18H17F6N5O3S/c19-17(20,21)10-6-13(16(30)28-11-2-1-3-12(7-11)33(25,31)32)15(27-8-10)29-5-4-26-14(9-29)18(22,23)24/h1-3,6-8,14,26H,4-5,9H2,(H,28,30)(H2,25,31,32). The van der Waals surface area contributed by atoms with Crippen LogP contribution in [0.5, 0.6) is 0 Å². The zero-order chi connectivity index (χ0) is 24.6. The van der Waals surface area contributed by atoms with E-state index in [0.29, 0.717) is 12.3 Å². The molecule has 0 aliphatic carbocycles. The highest BCUT2D eigenvalue weighted by atomic mass is 32.2. The van der Waals surface area contributed by atoms with Crippen LogP contribution in [0.3, 0.4) is 0 Å². The molecule has 180 valence electrons. The maximum absolute atomic E-state index is 13.2. The van der Waals surface area contributed by atoms with Crippen LogP contribution >= 0.6 is 0 Å². The number of alkyl halides is 6. The molecular weight excluding hydrogens is 480 g/mol. The number of sulfonamides is 1. The zero-order valence-electron chi connectivity index (χ0n) is 16.5. The second-order valence-electron chi connectivity index (χ2n) is 7.11. The Labute approximate surface area is 183 Å². The molecular formula is C18H17F6N5O3S. The van der Waals surface area contributed by atoms with Gasteiger partial charge in [0.15, 0.2) is 0 Å². The summed E-state index contributed by atoms with van der Waals surface area (Å²) in [4.78, 5) is 17.2. The van der Waals surface area contributed by atoms with Crippen LogP contribution in [0.1, 0.15) is 15.9 Å². The third kappa shape index (κ3) is 5.91. The number of nitrogens with one attached hydrogen (secondary N) is 2. The number of carbonyl (C=O) groups excluding carboxylic acids is 1. The minimum absolute atomic E-state index is 0.0495. The number of primary sulfonamides is 1. The highest BCUT2D eigenvalue weighted by molar-refractivity contribution is 7.89. The first kappa shape index (κ1) is 24.7. The van der Waals surface area contributed by atoms with Gasteiger partial charge in [-0.25, -0.2) is 18.5 Å². The number of benzene rings is 1. The molecule has 1 amide bonds. The summed E-state index contributed by atoms with van der Waals surface area (Å²) in [5.41, 5.74) is -2.02. The first-order chi connectivity index (χ1) is 15.2. The molecule has 3 rings (SSSR count). The number of hydrogen-bond donors (Lipinski definition) is 3. The van der Waals surface area contributed by atoms with E-state index < -0.39 is 52.0 Å². The Balaban J connectivity index is 1.99. The fourth-order valence-corrected chi connectivity index (χ4v) is 3.70. The molecule has 0 spiro atoms. The number of anilines is 2. The van der Waals surface area contributed by atoms with E-state index in [1.54, 1.807) is 0 Å². The minimum Gasteiger partial charge on any atom is -0.353 e. The maximum Gasteiger partial charge on any atom is 0.417 e. The molecule has 1 saturated heterocycles. The van der Waals surface area contributed by atoms with Crippen molar-refractivity contribution in [3.8, 4) is 0 Å². The number of carbonyl (C=O) groups is 1. The molecule has 1 unspecified atom stereocenters. The Morgan fingerprint density at radius 2 is 1.88 bits per heavy atom. The summed E-state index contributed by atoms with van der Waals surface area (Å²) >= 11 is 0. The molecule has 8 nitrogen and oxygen atoms in total. The van der Waals surface area contributed by atoms with Crippen LogP contribution in [0.2, 0.25) is 0 Å². The van der Waals surface area contributed by atoms with Crippen LogP contribution in [0.4, 0.5) is 37.8 Å². The third-order valence-electron chi connectivity index (χ3n) is 4.73. The van der Waals surface area contributed by atoms with Gasteiger partial charge in [-0.2, -0.15) is 26.3 Å². The first-order valence-electron chi connectivity index (χ1n) is 9.23. The molecule has 1 fully saturated rings. The highest BCUT2D eigenvalue weighted by Crippen LogP contribution is 2.33. The van der Waals surface area contributed by atoms with E-state index in [4.69, 9.17) is 5.14 Å². The van der Waals surface area contributed by atoms with Crippen molar-refractivity contribution >= 4 is 27.4 Å². The fourth-order valence-electron chi connectivity index (χ4n) is 3.14. The predicted octanol–water partition coefficient (Wildman–Crippen LogP) is 2.34. The molecule has 0 saturated carbocycles. The van der Waals surface area contributed by atoms with E-state index in [2.05, 4.69) is 15.6 Å². The van der Waals surface area contributed by atoms with Crippen LogP contribution in [0.25, 0.3) is 0 Å². The highest BCUT2D eigenvalue weighted by Gasteiger charge is 2.43. The Bertz CT molecular complexity index is 1150. The van der Waals surface area contributed by atoms with Gasteiger partial charge in [-0.15, -0.1) is 0 Å². The Morgan fingerprint density at radius 3 is 2.48 bits per heavy atom. The van der Waals surface area contributed by atoms with Crippen molar-refractivity contribution in [3.05, 3.63) is 47.7 Å². The Hall–Kier alpha value is -2.91. The summed E-state index contributed by atoms with van der Waals surface area (Å²) < 4.78 is 102. The summed E-state index contributed by atoms with van der Waals surface area (Å²) in [6, 6.07) is 3.13. The topological polar surface area (TPSA) is 117 Å². The van der Waals surface area contributed by atoms with Gasteiger partial charge >= 0.3 is 12.4 Å². The normalized spacial score (nSPS) is 17.7. The lowest BCUT2D eigenvalue weighted by Gasteiger charge is -2.36. The van der Waals surface area contributed by atoms with E-state index in [1.807, 2.05) is 0 Å². The molecule has 1 aliphatic rings. The van der Waals surface area contributed by atoms with Gasteiger partial charge in [-0.3, -0.25) is 4.79 Å². The van der Waals surface area contributed by atoms with Crippen molar-refractivity contribution in [2.45, 2.75) is 23.3 Å². The van der Waals surface area contributed by atoms with Gasteiger partial charge < -0.3 is 15.5 Å². The van der Waals surface area contributed by atoms with Crippen molar-refractivity contribution in [2.75, 3.05) is 29.9 Å². The monoisotopic (exact) mass is 497 g/mol. The average Bonchev–Trinajstić information content (AvgIpc) is 2.71. The van der Waals surface area contributed by atoms with Crippen LogP contribution in [-0.4, -0.2) is 51.2 Å². The largest absolute Gasteiger partial charge is 0.417 e. The molecule has 1 atom stereocenters. The molecule has 2 heterocycles. The number of rotatable bonds is 4. The number of amides is 1. The lowest BCUT2D eigenvalue weighted by molar-refractivity contribution is -0.155. The van der Waals surface area contributed by atoms with Crippen LogP contribution < -0.4 is 20.7 Å². The SMILES string of the molecule is NS(=O)(=O)c1cccc(NC(=O)c2cc(C(F)(F)F)cnc2N2CCNC(C(F)(F)F)C2)c1. The maximum atomic E-state index is 13.2. The predicted molar refractivity (Wildman–Crippen MR) is 105 cm³/mol. The van der Waals surface area contributed by atoms with Gasteiger partial charge in [0.25, 0.3) is 5.91 Å². The second-order valence-corrected chi connectivity index (χ2v) is 8.68. The third-order valence-corrected chi connectivity index (χ3v) is 5.64. The Morgan fingerprint density at radius 1 is 1.18 bits per heavy atom.